The van der Waals surface area contributed by atoms with Gasteiger partial charge < -0.3 is 0 Å². The van der Waals surface area contributed by atoms with Crippen LogP contribution in [-0.2, 0) is 9.78 Å². The van der Waals surface area contributed by atoms with Crippen molar-refractivity contribution in [2.75, 3.05) is 0 Å². The van der Waals surface area contributed by atoms with E-state index in [0.29, 0.717) is 17.0 Å². The Kier molecular flexibility index (Phi) is 1.10. The molecule has 3 heteroatoms. The Balaban J connectivity index is 2.16. The fourth-order valence-corrected chi connectivity index (χ4v) is 1.94. The van der Waals surface area contributed by atoms with Gasteiger partial charge >= 0.3 is 0 Å². The van der Waals surface area contributed by atoms with Crippen molar-refractivity contribution in [3.63, 3.8) is 0 Å². The molecule has 2 fully saturated rings. The van der Waals surface area contributed by atoms with E-state index < -0.39 is 0 Å². The SMILES string of the molecule is BrC1[C@@H]2CC[C@H]1OO2. The Bertz CT molecular complexity index is 86.6. The first kappa shape index (κ1) is 5.21. The number of halogens is 1. The molecule has 0 aromatic carbocycles. The third-order valence-electron chi connectivity index (χ3n) is 1.75. The van der Waals surface area contributed by atoms with Crippen LogP contribution >= 0.6 is 15.9 Å². The van der Waals surface area contributed by atoms with E-state index in [1.807, 2.05) is 0 Å². The number of alkyl halides is 1. The lowest BCUT2D eigenvalue weighted by Gasteiger charge is -2.06. The summed E-state index contributed by atoms with van der Waals surface area (Å²) in [6, 6.07) is 0. The van der Waals surface area contributed by atoms with E-state index in [4.69, 9.17) is 9.78 Å². The summed E-state index contributed by atoms with van der Waals surface area (Å²) in [6.07, 6.45) is 2.97. The number of hydrogen-bond acceptors (Lipinski definition) is 2. The molecule has 1 saturated heterocycles. The fourth-order valence-electron chi connectivity index (χ4n) is 1.23. The van der Waals surface area contributed by atoms with E-state index in [2.05, 4.69) is 15.9 Å². The Hall–Kier alpha value is 0.400. The van der Waals surface area contributed by atoms with Crippen molar-refractivity contribution in [3.8, 4) is 0 Å². The molecule has 0 aromatic heterocycles. The molecule has 0 radical (unpaired) electrons. The zero-order chi connectivity index (χ0) is 5.56. The van der Waals surface area contributed by atoms with Crippen molar-refractivity contribution >= 4 is 15.9 Å². The topological polar surface area (TPSA) is 18.5 Å². The summed E-state index contributed by atoms with van der Waals surface area (Å²) >= 11 is 3.48. The van der Waals surface area contributed by atoms with Gasteiger partial charge in [0, 0.05) is 0 Å². The second-order valence-electron chi connectivity index (χ2n) is 2.29. The van der Waals surface area contributed by atoms with Gasteiger partial charge in [-0.15, -0.1) is 0 Å². The van der Waals surface area contributed by atoms with Gasteiger partial charge in [0.25, 0.3) is 0 Å². The standard InChI is InChI=1S/C5H7BrO2/c6-5-3-1-2-4(5)8-7-3/h3-5H,1-2H2/t3-,4+,5?. The minimum absolute atomic E-state index is 0.333. The molecule has 1 saturated carbocycles. The van der Waals surface area contributed by atoms with Gasteiger partial charge in [0.2, 0.25) is 0 Å². The summed E-state index contributed by atoms with van der Waals surface area (Å²) < 4.78 is 0. The maximum Gasteiger partial charge on any atom is 0.108 e. The minimum Gasteiger partial charge on any atom is -0.232 e. The zero-order valence-electron chi connectivity index (χ0n) is 4.34. The lowest BCUT2D eigenvalue weighted by Crippen LogP contribution is -2.11. The first-order chi connectivity index (χ1) is 3.88. The molecule has 2 bridgehead atoms. The first-order valence-corrected chi connectivity index (χ1v) is 3.76. The summed E-state index contributed by atoms with van der Waals surface area (Å²) in [6.45, 7) is 0. The summed E-state index contributed by atoms with van der Waals surface area (Å²) in [5.74, 6) is 0. The van der Waals surface area contributed by atoms with Gasteiger partial charge in [-0.3, -0.25) is 0 Å². The normalized spacial score (nSPS) is 52.9. The van der Waals surface area contributed by atoms with Crippen molar-refractivity contribution < 1.29 is 9.78 Å². The molecule has 0 spiro atoms. The molecular formula is C5H7BrO2. The third-order valence-corrected chi connectivity index (χ3v) is 2.93. The average Bonchev–Trinajstić information content (AvgIpc) is 2.29. The maximum atomic E-state index is 4.92. The van der Waals surface area contributed by atoms with Gasteiger partial charge in [0.1, 0.15) is 12.2 Å². The number of fused-ring (bicyclic) bond motifs is 2. The quantitative estimate of drug-likeness (QED) is 0.411. The molecule has 1 aliphatic carbocycles. The van der Waals surface area contributed by atoms with Crippen LogP contribution in [0.25, 0.3) is 0 Å². The molecule has 1 unspecified atom stereocenters. The van der Waals surface area contributed by atoms with Crippen LogP contribution < -0.4 is 0 Å². The lowest BCUT2D eigenvalue weighted by molar-refractivity contribution is -0.315. The van der Waals surface area contributed by atoms with Crippen LogP contribution in [0, 0.1) is 0 Å². The zero-order valence-corrected chi connectivity index (χ0v) is 5.93. The molecule has 2 nitrogen and oxygen atoms in total. The third kappa shape index (κ3) is 0.551. The smallest absolute Gasteiger partial charge is 0.108 e. The Morgan fingerprint density at radius 2 is 1.62 bits per heavy atom. The van der Waals surface area contributed by atoms with Crippen LogP contribution in [0.4, 0.5) is 0 Å². The van der Waals surface area contributed by atoms with Crippen molar-refractivity contribution in [3.05, 3.63) is 0 Å². The molecule has 2 rings (SSSR count). The molecule has 0 aromatic rings. The highest BCUT2D eigenvalue weighted by Crippen LogP contribution is 2.37. The number of rotatable bonds is 0. The van der Waals surface area contributed by atoms with Crippen molar-refractivity contribution in [1.82, 2.24) is 0 Å². The lowest BCUT2D eigenvalue weighted by atomic mass is 10.3. The second-order valence-corrected chi connectivity index (χ2v) is 3.35. The highest BCUT2D eigenvalue weighted by molar-refractivity contribution is 9.09. The van der Waals surface area contributed by atoms with Crippen molar-refractivity contribution in [2.45, 2.75) is 29.9 Å². The summed E-state index contributed by atoms with van der Waals surface area (Å²) in [4.78, 5) is 10.3. The molecule has 3 atom stereocenters. The monoisotopic (exact) mass is 178 g/mol. The predicted molar refractivity (Wildman–Crippen MR) is 31.7 cm³/mol. The summed E-state index contributed by atoms with van der Waals surface area (Å²) in [7, 11) is 0. The highest BCUT2D eigenvalue weighted by atomic mass is 79.9. The van der Waals surface area contributed by atoms with Crippen molar-refractivity contribution in [1.29, 1.82) is 0 Å². The molecule has 2 aliphatic rings. The molecule has 1 aliphatic heterocycles. The van der Waals surface area contributed by atoms with Crippen LogP contribution in [0.1, 0.15) is 12.8 Å². The van der Waals surface area contributed by atoms with Gasteiger partial charge in [-0.25, -0.2) is 9.78 Å². The van der Waals surface area contributed by atoms with Crippen LogP contribution in [0.15, 0.2) is 0 Å². The largest absolute Gasteiger partial charge is 0.232 e. The van der Waals surface area contributed by atoms with Gasteiger partial charge in [-0.2, -0.15) is 0 Å². The Labute approximate surface area is 56.2 Å². The van der Waals surface area contributed by atoms with Crippen LogP contribution in [0.3, 0.4) is 0 Å². The summed E-state index contributed by atoms with van der Waals surface area (Å²) in [5.41, 5.74) is 0. The van der Waals surface area contributed by atoms with Crippen LogP contribution in [-0.4, -0.2) is 17.0 Å². The fraction of sp³-hybridized carbons (Fsp3) is 1.00. The van der Waals surface area contributed by atoms with Gasteiger partial charge in [-0.1, -0.05) is 15.9 Å². The maximum absolute atomic E-state index is 4.92. The highest BCUT2D eigenvalue weighted by Gasteiger charge is 2.43. The van der Waals surface area contributed by atoms with E-state index in [1.54, 1.807) is 0 Å². The van der Waals surface area contributed by atoms with E-state index in [9.17, 15) is 0 Å². The van der Waals surface area contributed by atoms with Crippen LogP contribution in [0.2, 0.25) is 0 Å². The van der Waals surface area contributed by atoms with E-state index in [-0.39, 0.29) is 0 Å². The molecule has 0 amide bonds. The summed E-state index contributed by atoms with van der Waals surface area (Å²) in [5, 5.41) is 0. The van der Waals surface area contributed by atoms with E-state index >= 15 is 0 Å². The average molecular weight is 179 g/mol. The van der Waals surface area contributed by atoms with Crippen molar-refractivity contribution in [2.24, 2.45) is 0 Å². The predicted octanol–water partition coefficient (Wildman–Crippen LogP) is 1.24. The van der Waals surface area contributed by atoms with Crippen LogP contribution in [0.5, 0.6) is 0 Å². The molecule has 1 heterocycles. The van der Waals surface area contributed by atoms with Gasteiger partial charge in [0.15, 0.2) is 0 Å². The van der Waals surface area contributed by atoms with Gasteiger partial charge in [-0.05, 0) is 12.8 Å². The molecule has 46 valence electrons. The second kappa shape index (κ2) is 1.69. The van der Waals surface area contributed by atoms with Gasteiger partial charge in [0.05, 0.1) is 4.83 Å². The Morgan fingerprint density at radius 3 is 1.75 bits per heavy atom. The minimum atomic E-state index is 0.333. The molecule has 8 heavy (non-hydrogen) atoms. The Morgan fingerprint density at radius 1 is 1.12 bits per heavy atom. The van der Waals surface area contributed by atoms with E-state index in [1.165, 1.54) is 0 Å². The molecule has 0 N–H and O–H groups in total. The van der Waals surface area contributed by atoms with E-state index in [0.717, 1.165) is 12.8 Å². The number of hydrogen-bond donors (Lipinski definition) is 0. The molecular weight excluding hydrogens is 172 g/mol. The first-order valence-electron chi connectivity index (χ1n) is 2.84.